The Labute approximate surface area is 165 Å². The Kier molecular flexibility index (Phi) is 5.79. The van der Waals surface area contributed by atoms with Crippen molar-refractivity contribution < 1.29 is 4.74 Å². The van der Waals surface area contributed by atoms with Crippen molar-refractivity contribution in [1.82, 2.24) is 4.98 Å². The largest absolute Gasteiger partial charge is 0.497 e. The van der Waals surface area contributed by atoms with Gasteiger partial charge in [0.2, 0.25) is 0 Å². The van der Waals surface area contributed by atoms with Crippen LogP contribution in [0.4, 0.5) is 5.69 Å². The molecular formula is C19H13Cl2N3OS. The van der Waals surface area contributed by atoms with E-state index in [0.717, 1.165) is 17.0 Å². The normalized spacial score (nSPS) is 11.1. The van der Waals surface area contributed by atoms with E-state index in [1.165, 1.54) is 11.3 Å². The summed E-state index contributed by atoms with van der Waals surface area (Å²) in [6.45, 7) is 0. The molecule has 3 rings (SSSR count). The third-order valence-electron chi connectivity index (χ3n) is 3.47. The predicted molar refractivity (Wildman–Crippen MR) is 108 cm³/mol. The Morgan fingerprint density at radius 2 is 2.00 bits per heavy atom. The number of allylic oxidation sites excluding steroid dienone is 1. The lowest BCUT2D eigenvalue weighted by molar-refractivity contribution is 0.415. The molecule has 0 radical (unpaired) electrons. The predicted octanol–water partition coefficient (Wildman–Crippen LogP) is 6.10. The average molecular weight is 402 g/mol. The highest BCUT2D eigenvalue weighted by atomic mass is 35.5. The zero-order valence-electron chi connectivity index (χ0n) is 13.7. The molecule has 0 unspecified atom stereocenters. The number of ether oxygens (including phenoxy) is 1. The lowest BCUT2D eigenvalue weighted by atomic mass is 10.1. The summed E-state index contributed by atoms with van der Waals surface area (Å²) < 4.78 is 5.24. The minimum atomic E-state index is 0.417. The molecule has 2 aromatic carbocycles. The molecule has 0 aliphatic heterocycles. The van der Waals surface area contributed by atoms with Gasteiger partial charge >= 0.3 is 0 Å². The van der Waals surface area contributed by atoms with Crippen molar-refractivity contribution in [2.24, 2.45) is 0 Å². The number of benzene rings is 2. The summed E-state index contributed by atoms with van der Waals surface area (Å²) in [6.07, 6.45) is 1.59. The smallest absolute Gasteiger partial charge is 0.136 e. The van der Waals surface area contributed by atoms with Gasteiger partial charge in [-0.3, -0.25) is 0 Å². The highest BCUT2D eigenvalue weighted by Crippen LogP contribution is 2.28. The van der Waals surface area contributed by atoms with Gasteiger partial charge in [0.1, 0.15) is 22.4 Å². The first kappa shape index (κ1) is 18.3. The van der Waals surface area contributed by atoms with Crippen molar-refractivity contribution in [3.8, 4) is 23.1 Å². The second-order valence-corrected chi connectivity index (χ2v) is 6.97. The van der Waals surface area contributed by atoms with Crippen molar-refractivity contribution in [2.75, 3.05) is 12.4 Å². The molecule has 0 saturated carbocycles. The van der Waals surface area contributed by atoms with Crippen molar-refractivity contribution in [1.29, 1.82) is 5.26 Å². The summed E-state index contributed by atoms with van der Waals surface area (Å²) in [5.74, 6) is 0.757. The third kappa shape index (κ3) is 4.36. The highest BCUT2D eigenvalue weighted by Gasteiger charge is 2.10. The van der Waals surface area contributed by atoms with E-state index in [-0.39, 0.29) is 0 Å². The molecule has 130 valence electrons. The number of anilines is 1. The van der Waals surface area contributed by atoms with Crippen LogP contribution in [0, 0.1) is 11.3 Å². The van der Waals surface area contributed by atoms with E-state index in [1.54, 1.807) is 31.5 Å². The molecule has 7 heteroatoms. The molecular weight excluding hydrogens is 389 g/mol. The number of nitriles is 1. The van der Waals surface area contributed by atoms with E-state index >= 15 is 0 Å². The maximum Gasteiger partial charge on any atom is 0.136 e. The van der Waals surface area contributed by atoms with Gasteiger partial charge in [-0.1, -0.05) is 35.3 Å². The zero-order valence-corrected chi connectivity index (χ0v) is 16.0. The van der Waals surface area contributed by atoms with Crippen molar-refractivity contribution in [3.63, 3.8) is 0 Å². The number of nitrogens with one attached hydrogen (secondary N) is 1. The first-order chi connectivity index (χ1) is 12.6. The van der Waals surface area contributed by atoms with Gasteiger partial charge in [-0.05, 0) is 30.3 Å². The first-order valence-electron chi connectivity index (χ1n) is 7.52. The number of hydrogen-bond acceptors (Lipinski definition) is 5. The molecule has 4 nitrogen and oxygen atoms in total. The SMILES string of the molecule is COc1cccc(-c2csc(/C(C#N)=C/Nc3cc(Cl)cc(Cl)c3)n2)c1. The number of aromatic nitrogens is 1. The van der Waals surface area contributed by atoms with E-state index < -0.39 is 0 Å². The second kappa shape index (κ2) is 8.24. The number of methoxy groups -OCH3 is 1. The van der Waals surface area contributed by atoms with Gasteiger partial charge in [-0.25, -0.2) is 4.98 Å². The molecule has 0 saturated heterocycles. The summed E-state index contributed by atoms with van der Waals surface area (Å²) in [6, 6.07) is 14.9. The maximum absolute atomic E-state index is 9.46. The minimum absolute atomic E-state index is 0.417. The van der Waals surface area contributed by atoms with Crippen molar-refractivity contribution >= 4 is 45.8 Å². The van der Waals surface area contributed by atoms with Crippen LogP contribution in [0.15, 0.2) is 54.0 Å². The molecule has 0 spiro atoms. The number of thiazole rings is 1. The minimum Gasteiger partial charge on any atom is -0.497 e. The standard InChI is InChI=1S/C19H13Cl2N3OS/c1-25-17-4-2-3-12(5-17)18-11-26-19(24-18)13(9-22)10-23-16-7-14(20)6-15(21)8-16/h2-8,10-11,23H,1H3/b13-10+. The molecule has 1 N–H and O–H groups in total. The molecule has 26 heavy (non-hydrogen) atoms. The lowest BCUT2D eigenvalue weighted by Gasteiger charge is -2.03. The van der Waals surface area contributed by atoms with Crippen LogP contribution in [-0.4, -0.2) is 12.1 Å². The molecule has 3 aromatic rings. The van der Waals surface area contributed by atoms with E-state index in [2.05, 4.69) is 16.4 Å². The quantitative estimate of drug-likeness (QED) is 0.524. The van der Waals surface area contributed by atoms with Gasteiger partial charge in [0.05, 0.1) is 12.8 Å². The Balaban J connectivity index is 1.84. The lowest BCUT2D eigenvalue weighted by Crippen LogP contribution is -1.91. The van der Waals surface area contributed by atoms with Crippen LogP contribution in [0.3, 0.4) is 0 Å². The fourth-order valence-corrected chi connectivity index (χ4v) is 3.57. The summed E-state index contributed by atoms with van der Waals surface area (Å²) >= 11 is 13.4. The van der Waals surface area contributed by atoms with Crippen LogP contribution >= 0.6 is 34.5 Å². The monoisotopic (exact) mass is 401 g/mol. The van der Waals surface area contributed by atoms with Gasteiger partial charge in [0, 0.05) is 32.9 Å². The number of rotatable bonds is 5. The van der Waals surface area contributed by atoms with E-state index in [4.69, 9.17) is 27.9 Å². The van der Waals surface area contributed by atoms with Gasteiger partial charge < -0.3 is 10.1 Å². The molecule has 0 atom stereocenters. The van der Waals surface area contributed by atoms with Crippen molar-refractivity contribution in [2.45, 2.75) is 0 Å². The van der Waals surface area contributed by atoms with E-state index in [0.29, 0.717) is 26.3 Å². The van der Waals surface area contributed by atoms with Crippen LogP contribution in [0.25, 0.3) is 16.8 Å². The van der Waals surface area contributed by atoms with Crippen LogP contribution in [0.2, 0.25) is 10.0 Å². The van der Waals surface area contributed by atoms with Crippen LogP contribution < -0.4 is 10.1 Å². The number of hydrogen-bond donors (Lipinski definition) is 1. The topological polar surface area (TPSA) is 57.9 Å². The second-order valence-electron chi connectivity index (χ2n) is 5.24. The first-order valence-corrected chi connectivity index (χ1v) is 9.16. The Hall–Kier alpha value is -2.52. The van der Waals surface area contributed by atoms with Gasteiger partial charge in [0.15, 0.2) is 0 Å². The fraction of sp³-hybridized carbons (Fsp3) is 0.0526. The molecule has 0 fully saturated rings. The summed E-state index contributed by atoms with van der Waals surface area (Å²) in [7, 11) is 1.62. The highest BCUT2D eigenvalue weighted by molar-refractivity contribution is 7.11. The van der Waals surface area contributed by atoms with Crippen LogP contribution in [0.1, 0.15) is 5.01 Å². The Morgan fingerprint density at radius 3 is 2.69 bits per heavy atom. The maximum atomic E-state index is 9.46. The van der Waals surface area contributed by atoms with Crippen LogP contribution in [0.5, 0.6) is 5.75 Å². The molecule has 1 heterocycles. The van der Waals surface area contributed by atoms with Gasteiger partial charge in [-0.2, -0.15) is 5.26 Å². The van der Waals surface area contributed by atoms with E-state index in [9.17, 15) is 5.26 Å². The van der Waals surface area contributed by atoms with Gasteiger partial charge in [-0.15, -0.1) is 11.3 Å². The molecule has 0 bridgehead atoms. The third-order valence-corrected chi connectivity index (χ3v) is 4.78. The zero-order chi connectivity index (χ0) is 18.5. The molecule has 0 amide bonds. The van der Waals surface area contributed by atoms with Crippen LogP contribution in [-0.2, 0) is 0 Å². The summed E-state index contributed by atoms with van der Waals surface area (Å²) in [5, 5.41) is 16.1. The van der Waals surface area contributed by atoms with Gasteiger partial charge in [0.25, 0.3) is 0 Å². The summed E-state index contributed by atoms with van der Waals surface area (Å²) in [5.41, 5.74) is 2.83. The summed E-state index contributed by atoms with van der Waals surface area (Å²) in [4.78, 5) is 4.55. The number of nitrogens with zero attached hydrogens (tertiary/aromatic N) is 2. The molecule has 1 aromatic heterocycles. The fourth-order valence-electron chi connectivity index (χ4n) is 2.25. The molecule has 0 aliphatic carbocycles. The average Bonchev–Trinajstić information content (AvgIpc) is 3.11. The Bertz CT molecular complexity index is 988. The Morgan fingerprint density at radius 1 is 1.23 bits per heavy atom. The van der Waals surface area contributed by atoms with Crippen molar-refractivity contribution in [3.05, 3.63) is 69.1 Å². The molecule has 0 aliphatic rings. The number of halogens is 2. The van der Waals surface area contributed by atoms with E-state index in [1.807, 2.05) is 29.6 Å².